The molecule has 0 saturated carbocycles. The second-order valence-corrected chi connectivity index (χ2v) is 5.03. The molecule has 4 heteroatoms. The molecule has 96 valence electrons. The molecular weight excluding hydrogens is 231 g/mol. The quantitative estimate of drug-likeness (QED) is 0.759. The molecule has 2 atom stereocenters. The van der Waals surface area contributed by atoms with E-state index in [1.165, 1.54) is 6.07 Å². The normalized spacial score (nSPS) is 24.6. The number of aliphatic hydroxyl groups excluding tert-OH is 1. The van der Waals surface area contributed by atoms with Crippen molar-refractivity contribution in [1.82, 2.24) is 10.3 Å². The predicted octanol–water partition coefficient (Wildman–Crippen LogP) is 1.82. The Kier molecular flexibility index (Phi) is 3.06. The van der Waals surface area contributed by atoms with Crippen LogP contribution in [0.25, 0.3) is 10.9 Å². The zero-order valence-electron chi connectivity index (χ0n) is 10.1. The number of benzene rings is 1. The molecule has 0 aliphatic carbocycles. The minimum atomic E-state index is -0.259. The Morgan fingerprint density at radius 1 is 1.39 bits per heavy atom. The second kappa shape index (κ2) is 4.71. The van der Waals surface area contributed by atoms with E-state index in [-0.39, 0.29) is 17.8 Å². The van der Waals surface area contributed by atoms with Gasteiger partial charge in [0.05, 0.1) is 6.10 Å². The third-order valence-electron chi connectivity index (χ3n) is 3.78. The fourth-order valence-electron chi connectivity index (χ4n) is 2.72. The lowest BCUT2D eigenvalue weighted by molar-refractivity contribution is 0.0793. The molecule has 3 N–H and O–H groups in total. The number of fused-ring (bicyclic) bond motifs is 1. The van der Waals surface area contributed by atoms with Crippen LogP contribution in [-0.2, 0) is 6.42 Å². The highest BCUT2D eigenvalue weighted by Gasteiger charge is 2.23. The molecule has 3 rings (SSSR count). The monoisotopic (exact) mass is 248 g/mol. The number of aromatic nitrogens is 1. The topological polar surface area (TPSA) is 48.0 Å². The van der Waals surface area contributed by atoms with Crippen LogP contribution >= 0.6 is 0 Å². The highest BCUT2D eigenvalue weighted by molar-refractivity contribution is 5.83. The summed E-state index contributed by atoms with van der Waals surface area (Å²) in [6.07, 6.45) is 3.23. The number of rotatable bonds is 2. The Labute approximate surface area is 105 Å². The van der Waals surface area contributed by atoms with Gasteiger partial charge in [0.25, 0.3) is 0 Å². The van der Waals surface area contributed by atoms with Gasteiger partial charge in [-0.15, -0.1) is 0 Å². The van der Waals surface area contributed by atoms with Gasteiger partial charge < -0.3 is 15.4 Å². The lowest BCUT2D eigenvalue weighted by Crippen LogP contribution is -2.40. The molecule has 2 aromatic rings. The number of hydrogen-bond acceptors (Lipinski definition) is 2. The summed E-state index contributed by atoms with van der Waals surface area (Å²) >= 11 is 0. The Morgan fingerprint density at radius 3 is 3.11 bits per heavy atom. The Balaban J connectivity index is 1.87. The summed E-state index contributed by atoms with van der Waals surface area (Å²) in [5.41, 5.74) is 2.03. The van der Waals surface area contributed by atoms with E-state index < -0.39 is 0 Å². The third-order valence-corrected chi connectivity index (χ3v) is 3.78. The van der Waals surface area contributed by atoms with Crippen molar-refractivity contribution in [3.8, 4) is 0 Å². The smallest absolute Gasteiger partial charge is 0.123 e. The molecule has 1 saturated heterocycles. The number of halogens is 1. The Morgan fingerprint density at radius 2 is 2.28 bits per heavy atom. The summed E-state index contributed by atoms with van der Waals surface area (Å²) in [5, 5.41) is 14.2. The van der Waals surface area contributed by atoms with E-state index in [9.17, 15) is 9.50 Å². The van der Waals surface area contributed by atoms with Gasteiger partial charge in [-0.2, -0.15) is 0 Å². The molecule has 18 heavy (non-hydrogen) atoms. The summed E-state index contributed by atoms with van der Waals surface area (Å²) < 4.78 is 13.3. The predicted molar refractivity (Wildman–Crippen MR) is 68.9 cm³/mol. The second-order valence-electron chi connectivity index (χ2n) is 5.03. The average Bonchev–Trinajstić information content (AvgIpc) is 2.75. The molecular formula is C14H17FN2O. The van der Waals surface area contributed by atoms with Crippen molar-refractivity contribution in [2.24, 2.45) is 5.92 Å². The van der Waals surface area contributed by atoms with Crippen LogP contribution in [0.5, 0.6) is 0 Å². The van der Waals surface area contributed by atoms with Crippen LogP contribution in [0.1, 0.15) is 12.0 Å². The molecule has 1 aromatic heterocycles. The third kappa shape index (κ3) is 2.13. The first-order chi connectivity index (χ1) is 8.74. The maximum Gasteiger partial charge on any atom is 0.123 e. The maximum absolute atomic E-state index is 13.3. The maximum atomic E-state index is 13.3. The number of aromatic amines is 1. The van der Waals surface area contributed by atoms with Crippen LogP contribution in [0.3, 0.4) is 0 Å². The van der Waals surface area contributed by atoms with Crippen molar-refractivity contribution in [2.75, 3.05) is 13.1 Å². The molecule has 2 unspecified atom stereocenters. The fourth-order valence-corrected chi connectivity index (χ4v) is 2.72. The van der Waals surface area contributed by atoms with Gasteiger partial charge in [0, 0.05) is 29.6 Å². The van der Waals surface area contributed by atoms with Crippen LogP contribution in [0, 0.1) is 11.7 Å². The van der Waals surface area contributed by atoms with Gasteiger partial charge in [-0.3, -0.25) is 0 Å². The van der Waals surface area contributed by atoms with Gasteiger partial charge in [0.1, 0.15) is 5.82 Å². The van der Waals surface area contributed by atoms with Crippen molar-refractivity contribution in [2.45, 2.75) is 18.9 Å². The summed E-state index contributed by atoms with van der Waals surface area (Å²) in [4.78, 5) is 3.15. The van der Waals surface area contributed by atoms with Crippen LogP contribution in [0.2, 0.25) is 0 Å². The van der Waals surface area contributed by atoms with Gasteiger partial charge in [0.2, 0.25) is 0 Å². The van der Waals surface area contributed by atoms with E-state index in [4.69, 9.17) is 0 Å². The average molecular weight is 248 g/mol. The SMILES string of the molecule is OC1CCNCC1Cc1c[nH]c2ccc(F)cc12. The van der Waals surface area contributed by atoms with Gasteiger partial charge in [-0.1, -0.05) is 0 Å². The summed E-state index contributed by atoms with van der Waals surface area (Å²) in [6, 6.07) is 4.77. The minimum Gasteiger partial charge on any atom is -0.393 e. The van der Waals surface area contributed by atoms with Gasteiger partial charge in [-0.05, 0) is 43.1 Å². The number of H-pyrrole nitrogens is 1. The molecule has 1 aliphatic rings. The van der Waals surface area contributed by atoms with Gasteiger partial charge in [-0.25, -0.2) is 4.39 Å². The Bertz CT molecular complexity index is 552. The van der Waals surface area contributed by atoms with Gasteiger partial charge in [0.15, 0.2) is 0 Å². The molecule has 0 radical (unpaired) electrons. The van der Waals surface area contributed by atoms with Crippen molar-refractivity contribution in [3.63, 3.8) is 0 Å². The number of nitrogens with one attached hydrogen (secondary N) is 2. The van der Waals surface area contributed by atoms with Crippen LogP contribution in [0.15, 0.2) is 24.4 Å². The lowest BCUT2D eigenvalue weighted by Gasteiger charge is -2.28. The zero-order valence-corrected chi connectivity index (χ0v) is 10.1. The molecule has 0 amide bonds. The number of hydrogen-bond donors (Lipinski definition) is 3. The standard InChI is InChI=1S/C14H17FN2O/c15-11-1-2-13-12(6-11)9(8-17-13)5-10-7-16-4-3-14(10)18/h1-2,6,8,10,14,16-18H,3-5,7H2. The van der Waals surface area contributed by atoms with Crippen LogP contribution in [-0.4, -0.2) is 29.3 Å². The van der Waals surface area contributed by atoms with E-state index in [1.54, 1.807) is 12.1 Å². The van der Waals surface area contributed by atoms with E-state index in [0.29, 0.717) is 0 Å². The van der Waals surface area contributed by atoms with Gasteiger partial charge >= 0.3 is 0 Å². The summed E-state index contributed by atoms with van der Waals surface area (Å²) in [6.45, 7) is 1.70. The lowest BCUT2D eigenvalue weighted by atomic mass is 9.89. The Hall–Kier alpha value is -1.39. The van der Waals surface area contributed by atoms with E-state index in [2.05, 4.69) is 10.3 Å². The highest BCUT2D eigenvalue weighted by Crippen LogP contribution is 2.24. The largest absolute Gasteiger partial charge is 0.393 e. The molecule has 1 aliphatic heterocycles. The molecule has 1 fully saturated rings. The minimum absolute atomic E-state index is 0.209. The van der Waals surface area contributed by atoms with Crippen molar-refractivity contribution >= 4 is 10.9 Å². The molecule has 0 spiro atoms. The number of piperidine rings is 1. The van der Waals surface area contributed by atoms with E-state index >= 15 is 0 Å². The summed E-state index contributed by atoms with van der Waals surface area (Å²) in [5.74, 6) is -0.00770. The molecule has 0 bridgehead atoms. The molecule has 3 nitrogen and oxygen atoms in total. The molecule has 2 heterocycles. The number of aliphatic hydroxyl groups is 1. The molecule has 1 aromatic carbocycles. The van der Waals surface area contributed by atoms with Crippen molar-refractivity contribution in [1.29, 1.82) is 0 Å². The highest BCUT2D eigenvalue weighted by atomic mass is 19.1. The van der Waals surface area contributed by atoms with Crippen molar-refractivity contribution < 1.29 is 9.50 Å². The fraction of sp³-hybridized carbons (Fsp3) is 0.429. The van der Waals surface area contributed by atoms with Crippen LogP contribution < -0.4 is 5.32 Å². The van der Waals surface area contributed by atoms with Crippen molar-refractivity contribution in [3.05, 3.63) is 35.8 Å². The first kappa shape index (κ1) is 11.7. The van der Waals surface area contributed by atoms with E-state index in [1.807, 2.05) is 6.20 Å². The van der Waals surface area contributed by atoms with Crippen LogP contribution in [0.4, 0.5) is 4.39 Å². The van der Waals surface area contributed by atoms with E-state index in [0.717, 1.165) is 42.4 Å². The summed E-state index contributed by atoms with van der Waals surface area (Å²) in [7, 11) is 0. The zero-order chi connectivity index (χ0) is 12.5. The first-order valence-electron chi connectivity index (χ1n) is 6.38. The first-order valence-corrected chi connectivity index (χ1v) is 6.38.